The van der Waals surface area contributed by atoms with E-state index in [0.717, 1.165) is 7.11 Å². The number of hydrogen-bond donors (Lipinski definition) is 0. The molecular formula is C11H9N3O4S. The summed E-state index contributed by atoms with van der Waals surface area (Å²) in [7, 11) is -2.63. The predicted molar refractivity (Wildman–Crippen MR) is 64.1 cm³/mol. The molecule has 0 amide bonds. The van der Waals surface area contributed by atoms with E-state index < -0.39 is 15.9 Å². The standard InChI is InChI=1S/C11H9N3O4S/c1-17-19(15,16)7-10-13-11(18-14-10)9-4-2-3-8(5-9)6-12/h2-5H,7H2,1H3. The average Bonchev–Trinajstić information content (AvgIpc) is 2.86. The second-order valence-corrected chi connectivity index (χ2v) is 5.31. The number of rotatable bonds is 4. The van der Waals surface area contributed by atoms with Crippen LogP contribution in [0.1, 0.15) is 11.4 Å². The maximum atomic E-state index is 11.2. The number of hydrogen-bond acceptors (Lipinski definition) is 7. The fourth-order valence-electron chi connectivity index (χ4n) is 1.37. The Bertz CT molecular complexity index is 730. The highest BCUT2D eigenvalue weighted by molar-refractivity contribution is 7.85. The number of aromatic nitrogens is 2. The maximum Gasteiger partial charge on any atom is 0.274 e. The fraction of sp³-hybridized carbons (Fsp3) is 0.182. The van der Waals surface area contributed by atoms with Crippen molar-refractivity contribution in [3.05, 3.63) is 35.7 Å². The van der Waals surface area contributed by atoms with Gasteiger partial charge in [0.25, 0.3) is 16.0 Å². The van der Waals surface area contributed by atoms with Gasteiger partial charge in [-0.15, -0.1) is 0 Å². The first kappa shape index (κ1) is 13.2. The van der Waals surface area contributed by atoms with Crippen molar-refractivity contribution < 1.29 is 17.1 Å². The molecule has 0 fully saturated rings. The van der Waals surface area contributed by atoms with Crippen LogP contribution in [0.4, 0.5) is 0 Å². The highest BCUT2D eigenvalue weighted by Crippen LogP contribution is 2.18. The van der Waals surface area contributed by atoms with Crippen molar-refractivity contribution in [2.75, 3.05) is 7.11 Å². The predicted octanol–water partition coefficient (Wildman–Crippen LogP) is 1.08. The molecule has 0 N–H and O–H groups in total. The average molecular weight is 279 g/mol. The molecule has 0 aliphatic carbocycles. The van der Waals surface area contributed by atoms with Gasteiger partial charge in [0.15, 0.2) is 5.82 Å². The summed E-state index contributed by atoms with van der Waals surface area (Å²) in [6.07, 6.45) is 0. The van der Waals surface area contributed by atoms with Crippen molar-refractivity contribution in [1.82, 2.24) is 10.1 Å². The Morgan fingerprint density at radius 3 is 2.95 bits per heavy atom. The Morgan fingerprint density at radius 1 is 1.47 bits per heavy atom. The van der Waals surface area contributed by atoms with E-state index in [2.05, 4.69) is 14.3 Å². The Hall–Kier alpha value is -2.24. The molecule has 0 saturated carbocycles. The molecule has 8 heteroatoms. The summed E-state index contributed by atoms with van der Waals surface area (Å²) < 4.78 is 31.7. The van der Waals surface area contributed by atoms with E-state index in [1.54, 1.807) is 24.3 Å². The molecule has 0 radical (unpaired) electrons. The smallest absolute Gasteiger partial charge is 0.274 e. The van der Waals surface area contributed by atoms with Gasteiger partial charge in [-0.3, -0.25) is 4.18 Å². The summed E-state index contributed by atoms with van der Waals surface area (Å²) in [6, 6.07) is 8.55. The Kier molecular flexibility index (Phi) is 3.59. The quantitative estimate of drug-likeness (QED) is 0.771. The van der Waals surface area contributed by atoms with E-state index >= 15 is 0 Å². The van der Waals surface area contributed by atoms with E-state index in [0.29, 0.717) is 11.1 Å². The molecule has 2 aromatic rings. The zero-order valence-corrected chi connectivity index (χ0v) is 10.7. The molecular weight excluding hydrogens is 270 g/mol. The van der Waals surface area contributed by atoms with E-state index in [1.807, 2.05) is 6.07 Å². The zero-order valence-electron chi connectivity index (χ0n) is 9.90. The molecule has 19 heavy (non-hydrogen) atoms. The van der Waals surface area contributed by atoms with E-state index in [4.69, 9.17) is 9.78 Å². The van der Waals surface area contributed by atoms with Crippen LogP contribution in [0.5, 0.6) is 0 Å². The van der Waals surface area contributed by atoms with Gasteiger partial charge in [0.05, 0.1) is 18.7 Å². The molecule has 0 unspecified atom stereocenters. The second kappa shape index (κ2) is 5.17. The van der Waals surface area contributed by atoms with Crippen LogP contribution >= 0.6 is 0 Å². The van der Waals surface area contributed by atoms with Crippen molar-refractivity contribution in [3.8, 4) is 17.5 Å². The first-order chi connectivity index (χ1) is 9.04. The third kappa shape index (κ3) is 3.15. The van der Waals surface area contributed by atoms with Crippen LogP contribution in [-0.2, 0) is 20.1 Å². The minimum Gasteiger partial charge on any atom is -0.334 e. The molecule has 7 nitrogen and oxygen atoms in total. The van der Waals surface area contributed by atoms with Gasteiger partial charge in [0.2, 0.25) is 0 Å². The SMILES string of the molecule is COS(=O)(=O)Cc1noc(-c2cccc(C#N)c2)n1. The number of nitriles is 1. The third-order valence-electron chi connectivity index (χ3n) is 2.27. The molecule has 98 valence electrons. The summed E-state index contributed by atoms with van der Waals surface area (Å²) in [5.41, 5.74) is 0.995. The van der Waals surface area contributed by atoms with Crippen LogP contribution in [0, 0.1) is 11.3 Å². The van der Waals surface area contributed by atoms with E-state index in [9.17, 15) is 8.42 Å². The van der Waals surface area contributed by atoms with E-state index in [-0.39, 0.29) is 11.7 Å². The van der Waals surface area contributed by atoms with Crippen LogP contribution in [0.3, 0.4) is 0 Å². The van der Waals surface area contributed by atoms with Gasteiger partial charge in [-0.2, -0.15) is 18.7 Å². The summed E-state index contributed by atoms with van der Waals surface area (Å²) >= 11 is 0. The lowest BCUT2D eigenvalue weighted by atomic mass is 10.1. The second-order valence-electron chi connectivity index (χ2n) is 3.58. The summed E-state index contributed by atoms with van der Waals surface area (Å²) in [5.74, 6) is -0.317. The number of nitrogens with zero attached hydrogens (tertiary/aromatic N) is 3. The summed E-state index contributed by atoms with van der Waals surface area (Å²) in [4.78, 5) is 3.94. The third-order valence-corrected chi connectivity index (χ3v) is 3.39. The van der Waals surface area contributed by atoms with Crippen LogP contribution in [-0.4, -0.2) is 25.7 Å². The van der Waals surface area contributed by atoms with Crippen LogP contribution in [0.2, 0.25) is 0 Å². The van der Waals surface area contributed by atoms with Crippen molar-refractivity contribution in [2.24, 2.45) is 0 Å². The molecule has 0 bridgehead atoms. The topological polar surface area (TPSA) is 106 Å². The van der Waals surface area contributed by atoms with Gasteiger partial charge in [0, 0.05) is 5.56 Å². The lowest BCUT2D eigenvalue weighted by Crippen LogP contribution is -2.06. The Labute approximate surface area is 109 Å². The number of benzene rings is 1. The molecule has 1 aromatic heterocycles. The lowest BCUT2D eigenvalue weighted by molar-refractivity contribution is 0.392. The maximum absolute atomic E-state index is 11.2. The molecule has 0 spiro atoms. The first-order valence-electron chi connectivity index (χ1n) is 5.15. The van der Waals surface area contributed by atoms with E-state index in [1.165, 1.54) is 0 Å². The molecule has 0 aliphatic heterocycles. The van der Waals surface area contributed by atoms with Crippen LogP contribution < -0.4 is 0 Å². The van der Waals surface area contributed by atoms with Gasteiger partial charge in [0.1, 0.15) is 5.75 Å². The Balaban J connectivity index is 2.29. The van der Waals surface area contributed by atoms with Crippen molar-refractivity contribution >= 4 is 10.1 Å². The highest BCUT2D eigenvalue weighted by atomic mass is 32.2. The van der Waals surface area contributed by atoms with Gasteiger partial charge in [-0.05, 0) is 18.2 Å². The van der Waals surface area contributed by atoms with Gasteiger partial charge >= 0.3 is 0 Å². The minimum absolute atomic E-state index is 0.000731. The summed E-state index contributed by atoms with van der Waals surface area (Å²) in [6.45, 7) is 0. The highest BCUT2D eigenvalue weighted by Gasteiger charge is 2.16. The molecule has 0 atom stereocenters. The van der Waals surface area contributed by atoms with Crippen LogP contribution in [0.25, 0.3) is 11.5 Å². The molecule has 1 aromatic carbocycles. The summed E-state index contributed by atoms with van der Waals surface area (Å²) in [5, 5.41) is 12.3. The van der Waals surface area contributed by atoms with Gasteiger partial charge in [-0.25, -0.2) is 0 Å². The normalized spacial score (nSPS) is 11.2. The monoisotopic (exact) mass is 279 g/mol. The molecule has 0 aliphatic rings. The molecule has 1 heterocycles. The minimum atomic E-state index is -3.69. The van der Waals surface area contributed by atoms with Crippen molar-refractivity contribution in [2.45, 2.75) is 5.75 Å². The van der Waals surface area contributed by atoms with Crippen LogP contribution in [0.15, 0.2) is 28.8 Å². The lowest BCUT2D eigenvalue weighted by Gasteiger charge is -1.95. The zero-order chi connectivity index (χ0) is 13.9. The molecule has 0 saturated heterocycles. The van der Waals surface area contributed by atoms with Gasteiger partial charge < -0.3 is 4.52 Å². The fourth-order valence-corrected chi connectivity index (χ4v) is 1.92. The largest absolute Gasteiger partial charge is 0.334 e. The van der Waals surface area contributed by atoms with Crippen molar-refractivity contribution in [1.29, 1.82) is 5.26 Å². The first-order valence-corrected chi connectivity index (χ1v) is 6.73. The Morgan fingerprint density at radius 2 is 2.26 bits per heavy atom. The van der Waals surface area contributed by atoms with Gasteiger partial charge in [-0.1, -0.05) is 11.2 Å². The van der Waals surface area contributed by atoms with Crippen molar-refractivity contribution in [3.63, 3.8) is 0 Å². The molecule has 2 rings (SSSR count).